The molecule has 0 spiro atoms. The summed E-state index contributed by atoms with van der Waals surface area (Å²) in [5.74, 6) is 0.934. The van der Waals surface area contributed by atoms with E-state index in [4.69, 9.17) is 9.47 Å². The van der Waals surface area contributed by atoms with Crippen LogP contribution in [0.25, 0.3) is 0 Å². The van der Waals surface area contributed by atoms with Crippen molar-refractivity contribution in [1.82, 2.24) is 5.32 Å². The Labute approximate surface area is 110 Å². The predicted octanol–water partition coefficient (Wildman–Crippen LogP) is 3.08. The molecule has 1 aromatic carbocycles. The first-order chi connectivity index (χ1) is 8.72. The summed E-state index contributed by atoms with van der Waals surface area (Å²) in [5.41, 5.74) is 2.38. The van der Waals surface area contributed by atoms with E-state index in [0.29, 0.717) is 6.61 Å². The molecule has 0 aliphatic carbocycles. The third-order valence-electron chi connectivity index (χ3n) is 2.89. The van der Waals surface area contributed by atoms with E-state index in [-0.39, 0.29) is 6.04 Å². The molecule has 0 bridgehead atoms. The predicted molar refractivity (Wildman–Crippen MR) is 75.3 cm³/mol. The summed E-state index contributed by atoms with van der Waals surface area (Å²) in [7, 11) is 1.72. The molecule has 1 atom stereocenters. The van der Waals surface area contributed by atoms with Crippen LogP contribution in [0.4, 0.5) is 0 Å². The van der Waals surface area contributed by atoms with E-state index in [9.17, 15) is 0 Å². The van der Waals surface area contributed by atoms with Gasteiger partial charge in [-0.1, -0.05) is 19.1 Å². The molecule has 1 aromatic rings. The zero-order chi connectivity index (χ0) is 13.4. The second-order valence-corrected chi connectivity index (χ2v) is 4.41. The quantitative estimate of drug-likeness (QED) is 0.770. The highest BCUT2D eigenvalue weighted by atomic mass is 16.5. The maximum absolute atomic E-state index is 5.56. The highest BCUT2D eigenvalue weighted by Gasteiger charge is 2.15. The molecule has 0 radical (unpaired) electrons. The Hall–Kier alpha value is -1.06. The maximum atomic E-state index is 5.56. The molecule has 1 unspecified atom stereocenters. The molecule has 3 heteroatoms. The zero-order valence-corrected chi connectivity index (χ0v) is 12.0. The summed E-state index contributed by atoms with van der Waals surface area (Å²) in [6, 6.07) is 6.51. The van der Waals surface area contributed by atoms with Gasteiger partial charge in [-0.25, -0.2) is 0 Å². The summed E-state index contributed by atoms with van der Waals surface area (Å²) in [6.07, 6.45) is 1.11. The van der Waals surface area contributed by atoms with Crippen LogP contribution in [0.15, 0.2) is 18.2 Å². The standard InChI is InChI=1S/C15H25NO2/c1-5-9-16-14(11-18-6-2)13-8-7-12(3)10-15(13)17-4/h7-8,10,14,16H,5-6,9,11H2,1-4H3. The van der Waals surface area contributed by atoms with Gasteiger partial charge in [0, 0.05) is 12.2 Å². The Bertz CT molecular complexity index is 344. The first kappa shape index (κ1) is 15.0. The number of rotatable bonds is 8. The molecule has 0 fully saturated rings. The Morgan fingerprint density at radius 2 is 2.06 bits per heavy atom. The number of hydrogen-bond donors (Lipinski definition) is 1. The molecule has 0 aliphatic rings. The monoisotopic (exact) mass is 251 g/mol. The fourth-order valence-corrected chi connectivity index (χ4v) is 1.92. The van der Waals surface area contributed by atoms with Crippen LogP contribution < -0.4 is 10.1 Å². The largest absolute Gasteiger partial charge is 0.496 e. The Balaban J connectivity index is 2.88. The molecule has 3 nitrogen and oxygen atoms in total. The molecule has 0 saturated heterocycles. The van der Waals surface area contributed by atoms with Crippen LogP contribution in [0, 0.1) is 6.92 Å². The Kier molecular flexibility index (Phi) is 6.76. The van der Waals surface area contributed by atoms with Crippen LogP contribution >= 0.6 is 0 Å². The number of methoxy groups -OCH3 is 1. The lowest BCUT2D eigenvalue weighted by atomic mass is 10.0. The van der Waals surface area contributed by atoms with Crippen molar-refractivity contribution < 1.29 is 9.47 Å². The lowest BCUT2D eigenvalue weighted by Gasteiger charge is -2.21. The van der Waals surface area contributed by atoms with Crippen LogP contribution in [-0.2, 0) is 4.74 Å². The van der Waals surface area contributed by atoms with Gasteiger partial charge in [0.1, 0.15) is 5.75 Å². The van der Waals surface area contributed by atoms with Crippen molar-refractivity contribution in [2.24, 2.45) is 0 Å². The van der Waals surface area contributed by atoms with Gasteiger partial charge in [0.2, 0.25) is 0 Å². The average Bonchev–Trinajstić information content (AvgIpc) is 2.39. The molecule has 1 rings (SSSR count). The van der Waals surface area contributed by atoms with E-state index < -0.39 is 0 Å². The molecule has 1 N–H and O–H groups in total. The number of benzene rings is 1. The minimum atomic E-state index is 0.195. The summed E-state index contributed by atoms with van der Waals surface area (Å²) in [4.78, 5) is 0. The minimum Gasteiger partial charge on any atom is -0.496 e. The van der Waals surface area contributed by atoms with Crippen molar-refractivity contribution in [2.75, 3.05) is 26.9 Å². The van der Waals surface area contributed by atoms with Gasteiger partial charge in [-0.2, -0.15) is 0 Å². The molecule has 102 valence electrons. The van der Waals surface area contributed by atoms with Crippen LogP contribution in [0.5, 0.6) is 5.75 Å². The van der Waals surface area contributed by atoms with Gasteiger partial charge < -0.3 is 14.8 Å². The van der Waals surface area contributed by atoms with Crippen LogP contribution in [0.2, 0.25) is 0 Å². The van der Waals surface area contributed by atoms with Crippen molar-refractivity contribution in [3.05, 3.63) is 29.3 Å². The highest BCUT2D eigenvalue weighted by Crippen LogP contribution is 2.26. The third-order valence-corrected chi connectivity index (χ3v) is 2.89. The van der Waals surface area contributed by atoms with Crippen molar-refractivity contribution >= 4 is 0 Å². The molecular formula is C15H25NO2. The first-order valence-electron chi connectivity index (χ1n) is 6.68. The molecule has 0 heterocycles. The van der Waals surface area contributed by atoms with Gasteiger partial charge in [0.05, 0.1) is 19.8 Å². The van der Waals surface area contributed by atoms with E-state index in [0.717, 1.165) is 25.3 Å². The number of aryl methyl sites for hydroxylation is 1. The molecule has 0 saturated carbocycles. The van der Waals surface area contributed by atoms with E-state index in [1.54, 1.807) is 7.11 Å². The number of nitrogens with one attached hydrogen (secondary N) is 1. The molecule has 18 heavy (non-hydrogen) atoms. The SMILES string of the molecule is CCCNC(COCC)c1ccc(C)cc1OC. The van der Waals surface area contributed by atoms with Crippen LogP contribution in [0.3, 0.4) is 0 Å². The van der Waals surface area contributed by atoms with Crippen molar-refractivity contribution in [3.8, 4) is 5.75 Å². The van der Waals surface area contributed by atoms with Gasteiger partial charge in [-0.3, -0.25) is 0 Å². The fourth-order valence-electron chi connectivity index (χ4n) is 1.92. The summed E-state index contributed by atoms with van der Waals surface area (Å²) in [6.45, 7) is 8.65. The lowest BCUT2D eigenvalue weighted by Crippen LogP contribution is -2.26. The Morgan fingerprint density at radius 3 is 2.67 bits per heavy atom. The van der Waals surface area contributed by atoms with Crippen molar-refractivity contribution in [3.63, 3.8) is 0 Å². The second kappa shape index (κ2) is 8.11. The minimum absolute atomic E-state index is 0.195. The van der Waals surface area contributed by atoms with E-state index >= 15 is 0 Å². The fraction of sp³-hybridized carbons (Fsp3) is 0.600. The highest BCUT2D eigenvalue weighted by molar-refractivity contribution is 5.39. The van der Waals surface area contributed by atoms with Crippen LogP contribution in [0.1, 0.15) is 37.4 Å². The molecule has 0 amide bonds. The van der Waals surface area contributed by atoms with Crippen LogP contribution in [-0.4, -0.2) is 26.9 Å². The second-order valence-electron chi connectivity index (χ2n) is 4.41. The van der Waals surface area contributed by atoms with Crippen molar-refractivity contribution in [1.29, 1.82) is 0 Å². The van der Waals surface area contributed by atoms with Gasteiger partial charge in [-0.15, -0.1) is 0 Å². The van der Waals surface area contributed by atoms with Gasteiger partial charge in [0.25, 0.3) is 0 Å². The maximum Gasteiger partial charge on any atom is 0.123 e. The van der Waals surface area contributed by atoms with Crippen molar-refractivity contribution in [2.45, 2.75) is 33.2 Å². The molecular weight excluding hydrogens is 226 g/mol. The third kappa shape index (κ3) is 4.31. The smallest absolute Gasteiger partial charge is 0.123 e. The average molecular weight is 251 g/mol. The summed E-state index contributed by atoms with van der Waals surface area (Å²) < 4.78 is 11.0. The molecule has 0 aliphatic heterocycles. The van der Waals surface area contributed by atoms with Gasteiger partial charge >= 0.3 is 0 Å². The number of hydrogen-bond acceptors (Lipinski definition) is 3. The van der Waals surface area contributed by atoms with E-state index in [1.165, 1.54) is 11.1 Å². The molecule has 0 aromatic heterocycles. The first-order valence-corrected chi connectivity index (χ1v) is 6.68. The van der Waals surface area contributed by atoms with E-state index in [1.807, 2.05) is 6.92 Å². The summed E-state index contributed by atoms with van der Waals surface area (Å²) in [5, 5.41) is 3.51. The van der Waals surface area contributed by atoms with Gasteiger partial charge in [-0.05, 0) is 38.4 Å². The van der Waals surface area contributed by atoms with E-state index in [2.05, 4.69) is 37.4 Å². The zero-order valence-electron chi connectivity index (χ0n) is 12.0. The number of ether oxygens (including phenoxy) is 2. The normalized spacial score (nSPS) is 12.4. The summed E-state index contributed by atoms with van der Waals surface area (Å²) >= 11 is 0. The Morgan fingerprint density at radius 1 is 1.28 bits per heavy atom. The lowest BCUT2D eigenvalue weighted by molar-refractivity contribution is 0.122. The van der Waals surface area contributed by atoms with Gasteiger partial charge in [0.15, 0.2) is 0 Å². The topological polar surface area (TPSA) is 30.5 Å².